The second kappa shape index (κ2) is 8.84. The quantitative estimate of drug-likeness (QED) is 0.679. The molecular weight excluding hydrogens is 470 g/mol. The number of carbonyl (C=O) groups excluding carboxylic acids is 2. The molecule has 1 aromatic heterocycles. The predicted molar refractivity (Wildman–Crippen MR) is 104 cm³/mol. The minimum atomic E-state index is -3.10. The molecule has 0 unspecified atom stereocenters. The van der Waals surface area contributed by atoms with Crippen LogP contribution in [0.25, 0.3) is 0 Å². The van der Waals surface area contributed by atoms with Crippen LogP contribution in [-0.4, -0.2) is 46.8 Å². The lowest BCUT2D eigenvalue weighted by Crippen LogP contribution is -2.43. The van der Waals surface area contributed by atoms with Gasteiger partial charge < -0.3 is 15.0 Å². The number of thiazole rings is 1. The number of alkyl halides is 2. The summed E-state index contributed by atoms with van der Waals surface area (Å²) in [6.45, 7) is -1.14. The van der Waals surface area contributed by atoms with Crippen LogP contribution in [0.4, 0.5) is 8.78 Å². The summed E-state index contributed by atoms with van der Waals surface area (Å²) in [7, 11) is 0. The molecule has 1 saturated heterocycles. The molecule has 29 heavy (non-hydrogen) atoms. The monoisotopic (exact) mass is 484 g/mol. The molecule has 0 spiro atoms. The number of aromatic nitrogens is 1. The molecule has 0 radical (unpaired) electrons. The minimum Gasteiger partial charge on any atom is -0.486 e. The molecule has 2 heterocycles. The van der Waals surface area contributed by atoms with Gasteiger partial charge in [0.2, 0.25) is 5.91 Å². The molecule has 1 aliphatic rings. The Morgan fingerprint density at radius 1 is 1.41 bits per heavy atom. The summed E-state index contributed by atoms with van der Waals surface area (Å²) in [6.07, 6.45) is -0.697. The van der Waals surface area contributed by atoms with Gasteiger partial charge in [0.25, 0.3) is 11.8 Å². The van der Waals surface area contributed by atoms with Gasteiger partial charge >= 0.3 is 0 Å². The Hall–Kier alpha value is -2.58. The van der Waals surface area contributed by atoms with Crippen molar-refractivity contribution in [2.24, 2.45) is 0 Å². The average molecular weight is 485 g/mol. The summed E-state index contributed by atoms with van der Waals surface area (Å²) in [5.41, 5.74) is 0.0980. The van der Waals surface area contributed by atoms with Crippen molar-refractivity contribution in [3.05, 3.63) is 44.8 Å². The van der Waals surface area contributed by atoms with Crippen molar-refractivity contribution in [2.45, 2.75) is 25.0 Å². The molecule has 0 aliphatic carbocycles. The number of carbonyl (C=O) groups is 2. The van der Waals surface area contributed by atoms with Crippen LogP contribution >= 0.6 is 27.3 Å². The zero-order valence-electron chi connectivity index (χ0n) is 14.9. The van der Waals surface area contributed by atoms with Gasteiger partial charge in [0.1, 0.15) is 29.1 Å². The standard InChI is InChI=1S/C18H15BrF2N4O3S/c19-11-1-3-13(4-2-11)28-8-15-24-14(9-29-15)17(27)23-7-16(26)25-10-18(20,21)5-12(25)6-22/h1-4,9,12H,5,7-8,10H2,(H,23,27)/t12-/m0/s1. The van der Waals surface area contributed by atoms with E-state index in [1.807, 2.05) is 12.1 Å². The maximum atomic E-state index is 13.4. The summed E-state index contributed by atoms with van der Waals surface area (Å²) < 4.78 is 33.3. The van der Waals surface area contributed by atoms with E-state index in [1.165, 1.54) is 16.7 Å². The third kappa shape index (κ3) is 5.48. The molecule has 1 aromatic carbocycles. The lowest BCUT2D eigenvalue weighted by Gasteiger charge is -2.19. The number of rotatable bonds is 6. The molecule has 1 aliphatic heterocycles. The van der Waals surface area contributed by atoms with Gasteiger partial charge in [-0.2, -0.15) is 5.26 Å². The fraction of sp³-hybridized carbons (Fsp3) is 0.333. The maximum absolute atomic E-state index is 13.4. The van der Waals surface area contributed by atoms with Crippen molar-refractivity contribution in [1.82, 2.24) is 15.2 Å². The van der Waals surface area contributed by atoms with Crippen LogP contribution in [0.3, 0.4) is 0 Å². The van der Waals surface area contributed by atoms with Gasteiger partial charge in [0, 0.05) is 16.3 Å². The van der Waals surface area contributed by atoms with Crippen molar-refractivity contribution in [3.63, 3.8) is 0 Å². The van der Waals surface area contributed by atoms with Crippen molar-refractivity contribution in [2.75, 3.05) is 13.1 Å². The third-order valence-corrected chi connectivity index (χ3v) is 5.45. The van der Waals surface area contributed by atoms with Crippen LogP contribution in [0, 0.1) is 11.3 Å². The predicted octanol–water partition coefficient (Wildman–Crippen LogP) is 2.97. The Bertz CT molecular complexity index is 945. The van der Waals surface area contributed by atoms with Gasteiger partial charge in [-0.15, -0.1) is 11.3 Å². The lowest BCUT2D eigenvalue weighted by atomic mass is 10.2. The van der Waals surface area contributed by atoms with E-state index >= 15 is 0 Å². The van der Waals surface area contributed by atoms with E-state index in [1.54, 1.807) is 18.2 Å². The highest BCUT2D eigenvalue weighted by molar-refractivity contribution is 9.10. The van der Waals surface area contributed by atoms with Gasteiger partial charge in [-0.1, -0.05) is 15.9 Å². The number of benzene rings is 1. The summed E-state index contributed by atoms with van der Waals surface area (Å²) in [4.78, 5) is 29.2. The molecule has 2 amide bonds. The molecule has 11 heteroatoms. The largest absolute Gasteiger partial charge is 0.486 e. The third-order valence-electron chi connectivity index (χ3n) is 4.10. The van der Waals surface area contributed by atoms with E-state index in [9.17, 15) is 18.4 Å². The number of amides is 2. The second-order valence-electron chi connectivity index (χ2n) is 6.28. The first-order valence-electron chi connectivity index (χ1n) is 8.45. The van der Waals surface area contributed by atoms with E-state index in [0.29, 0.717) is 10.8 Å². The molecule has 2 aromatic rings. The van der Waals surface area contributed by atoms with Gasteiger partial charge in [0.05, 0.1) is 19.2 Å². The second-order valence-corrected chi connectivity index (χ2v) is 8.14. The van der Waals surface area contributed by atoms with Crippen molar-refractivity contribution < 1.29 is 23.1 Å². The van der Waals surface area contributed by atoms with E-state index in [0.717, 1.165) is 9.37 Å². The first-order chi connectivity index (χ1) is 13.8. The van der Waals surface area contributed by atoms with E-state index < -0.39 is 43.3 Å². The van der Waals surface area contributed by atoms with Gasteiger partial charge in [-0.05, 0) is 24.3 Å². The normalized spacial score (nSPS) is 17.6. The number of hydrogen-bond donors (Lipinski definition) is 1. The van der Waals surface area contributed by atoms with Crippen LogP contribution in [-0.2, 0) is 11.4 Å². The zero-order chi connectivity index (χ0) is 21.0. The van der Waals surface area contributed by atoms with Crippen LogP contribution in [0.1, 0.15) is 21.9 Å². The molecule has 0 bridgehead atoms. The summed E-state index contributed by atoms with van der Waals surface area (Å²) in [5.74, 6) is -3.80. The van der Waals surface area contributed by atoms with E-state index in [4.69, 9.17) is 10.00 Å². The fourth-order valence-electron chi connectivity index (χ4n) is 2.70. The highest BCUT2D eigenvalue weighted by atomic mass is 79.9. The number of likely N-dealkylation sites (tertiary alicyclic amines) is 1. The molecule has 152 valence electrons. The Morgan fingerprint density at radius 2 is 2.14 bits per heavy atom. The van der Waals surface area contributed by atoms with Crippen LogP contribution < -0.4 is 10.1 Å². The minimum absolute atomic E-state index is 0.0980. The molecule has 0 saturated carbocycles. The summed E-state index contributed by atoms with van der Waals surface area (Å²) in [5, 5.41) is 13.4. The fourth-order valence-corrected chi connectivity index (χ4v) is 3.65. The van der Waals surface area contributed by atoms with Gasteiger partial charge in [-0.25, -0.2) is 13.8 Å². The molecule has 3 rings (SSSR count). The number of nitriles is 1. The van der Waals surface area contributed by atoms with Crippen molar-refractivity contribution in [1.29, 1.82) is 5.26 Å². The molecule has 1 fully saturated rings. The first-order valence-corrected chi connectivity index (χ1v) is 10.1. The Kier molecular flexibility index (Phi) is 6.44. The molecule has 1 N–H and O–H groups in total. The van der Waals surface area contributed by atoms with Gasteiger partial charge in [-0.3, -0.25) is 9.59 Å². The topological polar surface area (TPSA) is 95.3 Å². The number of nitrogens with zero attached hydrogens (tertiary/aromatic N) is 3. The van der Waals surface area contributed by atoms with E-state index in [-0.39, 0.29) is 12.3 Å². The van der Waals surface area contributed by atoms with Gasteiger partial charge in [0.15, 0.2) is 0 Å². The number of ether oxygens (including phenoxy) is 1. The number of hydrogen-bond acceptors (Lipinski definition) is 6. The van der Waals surface area contributed by atoms with Crippen molar-refractivity contribution in [3.8, 4) is 11.8 Å². The highest BCUT2D eigenvalue weighted by Gasteiger charge is 2.47. The Morgan fingerprint density at radius 3 is 2.83 bits per heavy atom. The van der Waals surface area contributed by atoms with E-state index in [2.05, 4.69) is 26.2 Å². The lowest BCUT2D eigenvalue weighted by molar-refractivity contribution is -0.131. The number of halogens is 3. The first kappa shape index (κ1) is 21.1. The molecule has 1 atom stereocenters. The molecular formula is C18H15BrF2N4O3S. The molecule has 7 nitrogen and oxygen atoms in total. The van der Waals surface area contributed by atoms with Crippen LogP contribution in [0.15, 0.2) is 34.1 Å². The van der Waals surface area contributed by atoms with Crippen LogP contribution in [0.2, 0.25) is 0 Å². The Labute approximate surface area is 177 Å². The Balaban J connectivity index is 1.50. The number of nitrogens with one attached hydrogen (secondary N) is 1. The summed E-state index contributed by atoms with van der Waals surface area (Å²) >= 11 is 4.55. The average Bonchev–Trinajstić information content (AvgIpc) is 3.29. The maximum Gasteiger partial charge on any atom is 0.271 e. The zero-order valence-corrected chi connectivity index (χ0v) is 17.3. The van der Waals surface area contributed by atoms with Crippen molar-refractivity contribution >= 4 is 39.1 Å². The smallest absolute Gasteiger partial charge is 0.271 e. The SMILES string of the molecule is N#C[C@@H]1CC(F)(F)CN1C(=O)CNC(=O)c1csc(COc2ccc(Br)cc2)n1. The van der Waals surface area contributed by atoms with Crippen LogP contribution in [0.5, 0.6) is 5.75 Å². The summed E-state index contributed by atoms with van der Waals surface area (Å²) in [6, 6.07) is 7.73. The highest BCUT2D eigenvalue weighted by Crippen LogP contribution is 2.31.